The van der Waals surface area contributed by atoms with Gasteiger partial charge in [0.25, 0.3) is 5.91 Å². The number of thiophene rings is 1. The van der Waals surface area contributed by atoms with Crippen LogP contribution in [-0.4, -0.2) is 17.1 Å². The molecule has 2 aromatic heterocycles. The highest BCUT2D eigenvalue weighted by molar-refractivity contribution is 9.11. The summed E-state index contributed by atoms with van der Waals surface area (Å²) in [6.07, 6.45) is 2.01. The van der Waals surface area contributed by atoms with E-state index in [1.807, 2.05) is 48.0 Å². The Morgan fingerprint density at radius 2 is 2.00 bits per heavy atom. The maximum Gasteiger partial charge on any atom is 0.257 e. The first-order valence-corrected chi connectivity index (χ1v) is 10.0. The van der Waals surface area contributed by atoms with Crippen molar-refractivity contribution in [2.45, 2.75) is 4.90 Å². The van der Waals surface area contributed by atoms with Gasteiger partial charge in [-0.1, -0.05) is 0 Å². The maximum atomic E-state index is 12.2. The molecule has 0 aliphatic rings. The predicted octanol–water partition coefficient (Wildman–Crippen LogP) is 5.61. The van der Waals surface area contributed by atoms with E-state index < -0.39 is 0 Å². The third-order valence-corrected chi connectivity index (χ3v) is 6.05. The summed E-state index contributed by atoms with van der Waals surface area (Å²) in [6.45, 7) is 0. The Balaban J connectivity index is 1.72. The minimum Gasteiger partial charge on any atom is -0.298 e. The average Bonchev–Trinajstić information content (AvgIpc) is 3.16. The Kier molecular flexibility index (Phi) is 4.97. The third-order valence-electron chi connectivity index (χ3n) is 2.90. The number of carbonyl (C=O) groups excluding carboxylic acids is 1. The van der Waals surface area contributed by atoms with Crippen LogP contribution in [0.25, 0.3) is 10.6 Å². The molecule has 1 aromatic carbocycles. The number of thiazole rings is 1. The molecule has 0 unspecified atom stereocenters. The molecule has 0 saturated carbocycles. The lowest BCUT2D eigenvalue weighted by Gasteiger charge is -2.02. The highest BCUT2D eigenvalue weighted by atomic mass is 79.9. The number of nitrogens with zero attached hydrogens (tertiary/aromatic N) is 1. The number of aromatic nitrogens is 1. The molecule has 0 aliphatic carbocycles. The molecule has 0 atom stereocenters. The van der Waals surface area contributed by atoms with Crippen molar-refractivity contribution >= 4 is 61.4 Å². The Bertz CT molecular complexity index is 795. The van der Waals surface area contributed by atoms with Gasteiger partial charge in [0.15, 0.2) is 5.13 Å². The zero-order chi connectivity index (χ0) is 15.5. The molecule has 0 fully saturated rings. The molecule has 0 bridgehead atoms. The van der Waals surface area contributed by atoms with Gasteiger partial charge in [-0.2, -0.15) is 0 Å². The zero-order valence-corrected chi connectivity index (χ0v) is 15.5. The summed E-state index contributed by atoms with van der Waals surface area (Å²) < 4.78 is 1.06. The van der Waals surface area contributed by atoms with E-state index in [-0.39, 0.29) is 5.91 Å². The van der Waals surface area contributed by atoms with Crippen molar-refractivity contribution < 1.29 is 4.79 Å². The fourth-order valence-corrected chi connectivity index (χ4v) is 4.34. The minimum absolute atomic E-state index is 0.138. The minimum atomic E-state index is -0.138. The maximum absolute atomic E-state index is 12.2. The Morgan fingerprint density at radius 3 is 2.64 bits per heavy atom. The lowest BCUT2D eigenvalue weighted by atomic mass is 10.2. The molecule has 3 nitrogen and oxygen atoms in total. The molecule has 7 heteroatoms. The van der Waals surface area contributed by atoms with E-state index >= 15 is 0 Å². The van der Waals surface area contributed by atoms with Crippen molar-refractivity contribution in [1.29, 1.82) is 0 Å². The van der Waals surface area contributed by atoms with Crippen LogP contribution >= 0.6 is 50.4 Å². The Hall–Kier alpha value is -1.15. The summed E-state index contributed by atoms with van der Waals surface area (Å²) in [4.78, 5) is 18.9. The summed E-state index contributed by atoms with van der Waals surface area (Å²) in [5.41, 5.74) is 1.52. The van der Waals surface area contributed by atoms with Crippen LogP contribution in [0, 0.1) is 0 Å². The van der Waals surface area contributed by atoms with Gasteiger partial charge in [0.1, 0.15) is 0 Å². The van der Waals surface area contributed by atoms with Crippen molar-refractivity contribution in [3.8, 4) is 10.6 Å². The van der Waals surface area contributed by atoms with E-state index in [2.05, 4.69) is 26.2 Å². The number of nitrogens with one attached hydrogen (secondary N) is 1. The molecular weight excluding hydrogens is 400 g/mol. The molecule has 0 saturated heterocycles. The highest BCUT2D eigenvalue weighted by Crippen LogP contribution is 2.33. The smallest absolute Gasteiger partial charge is 0.257 e. The van der Waals surface area contributed by atoms with Crippen LogP contribution in [0.15, 0.2) is 50.5 Å². The summed E-state index contributed by atoms with van der Waals surface area (Å²) >= 11 is 8.14. The van der Waals surface area contributed by atoms with Crippen LogP contribution in [0.1, 0.15) is 10.4 Å². The van der Waals surface area contributed by atoms with Crippen molar-refractivity contribution in [3.05, 3.63) is 51.1 Å². The Labute approximate surface area is 148 Å². The quantitative estimate of drug-likeness (QED) is 0.568. The molecule has 1 amide bonds. The van der Waals surface area contributed by atoms with Crippen LogP contribution < -0.4 is 5.32 Å². The monoisotopic (exact) mass is 410 g/mol. The van der Waals surface area contributed by atoms with Gasteiger partial charge < -0.3 is 0 Å². The largest absolute Gasteiger partial charge is 0.298 e. The number of thioether (sulfide) groups is 1. The standard InChI is InChI=1S/C15H11BrN2OS3/c1-20-10-4-2-9(3-5-10)14(19)18-15-17-11(8-21-15)12-6-7-13(16)22-12/h2-8H,1H3,(H,17,18,19). The topological polar surface area (TPSA) is 42.0 Å². The molecule has 0 spiro atoms. The lowest BCUT2D eigenvalue weighted by Crippen LogP contribution is -2.11. The van der Waals surface area contributed by atoms with E-state index in [1.165, 1.54) is 11.3 Å². The summed E-state index contributed by atoms with van der Waals surface area (Å²) in [6, 6.07) is 11.5. The number of halogens is 1. The second-order valence-electron chi connectivity index (χ2n) is 4.32. The molecule has 3 rings (SSSR count). The van der Waals surface area contributed by atoms with Gasteiger partial charge >= 0.3 is 0 Å². The number of anilines is 1. The first-order valence-electron chi connectivity index (χ1n) is 6.32. The highest BCUT2D eigenvalue weighted by Gasteiger charge is 2.11. The number of benzene rings is 1. The van der Waals surface area contributed by atoms with E-state index in [0.29, 0.717) is 10.7 Å². The molecule has 22 heavy (non-hydrogen) atoms. The van der Waals surface area contributed by atoms with Gasteiger partial charge in [-0.25, -0.2) is 4.98 Å². The first-order chi connectivity index (χ1) is 10.7. The molecule has 0 aliphatic heterocycles. The third kappa shape index (κ3) is 3.60. The van der Waals surface area contributed by atoms with Crippen LogP contribution in [0.3, 0.4) is 0 Å². The number of amides is 1. The van der Waals surface area contributed by atoms with Crippen LogP contribution in [0.2, 0.25) is 0 Å². The Morgan fingerprint density at radius 1 is 1.23 bits per heavy atom. The van der Waals surface area contributed by atoms with Crippen LogP contribution in [0.4, 0.5) is 5.13 Å². The molecule has 112 valence electrons. The lowest BCUT2D eigenvalue weighted by molar-refractivity contribution is 0.102. The number of hydrogen-bond donors (Lipinski definition) is 1. The number of hydrogen-bond acceptors (Lipinski definition) is 5. The van der Waals surface area contributed by atoms with Gasteiger partial charge in [-0.15, -0.1) is 34.4 Å². The van der Waals surface area contributed by atoms with E-state index in [9.17, 15) is 4.79 Å². The van der Waals surface area contributed by atoms with Gasteiger partial charge in [0, 0.05) is 15.8 Å². The summed E-state index contributed by atoms with van der Waals surface area (Å²) in [7, 11) is 0. The number of rotatable bonds is 4. The molecule has 3 aromatic rings. The summed E-state index contributed by atoms with van der Waals surface area (Å²) in [5.74, 6) is -0.138. The molecule has 0 radical (unpaired) electrons. The number of carbonyl (C=O) groups is 1. The van der Waals surface area contributed by atoms with Crippen molar-refractivity contribution in [3.63, 3.8) is 0 Å². The van der Waals surface area contributed by atoms with Gasteiger partial charge in [0.2, 0.25) is 0 Å². The second kappa shape index (κ2) is 6.95. The first kappa shape index (κ1) is 15.7. The molecule has 1 N–H and O–H groups in total. The fraction of sp³-hybridized carbons (Fsp3) is 0.0667. The van der Waals surface area contributed by atoms with Crippen LogP contribution in [0.5, 0.6) is 0 Å². The van der Waals surface area contributed by atoms with E-state index in [1.54, 1.807) is 23.1 Å². The van der Waals surface area contributed by atoms with Gasteiger partial charge in [-0.3, -0.25) is 10.1 Å². The van der Waals surface area contributed by atoms with E-state index in [0.717, 1.165) is 19.3 Å². The molecular formula is C15H11BrN2OS3. The second-order valence-corrected chi connectivity index (χ2v) is 8.53. The van der Waals surface area contributed by atoms with Gasteiger partial charge in [0.05, 0.1) is 14.4 Å². The van der Waals surface area contributed by atoms with E-state index in [4.69, 9.17) is 0 Å². The fourth-order valence-electron chi connectivity index (χ4n) is 1.81. The van der Waals surface area contributed by atoms with Crippen molar-refractivity contribution in [2.75, 3.05) is 11.6 Å². The summed E-state index contributed by atoms with van der Waals surface area (Å²) in [5, 5.41) is 5.41. The van der Waals surface area contributed by atoms with Gasteiger partial charge in [-0.05, 0) is 58.6 Å². The predicted molar refractivity (Wildman–Crippen MR) is 99.3 cm³/mol. The average molecular weight is 411 g/mol. The van der Waals surface area contributed by atoms with Crippen molar-refractivity contribution in [2.24, 2.45) is 0 Å². The van der Waals surface area contributed by atoms with Crippen molar-refractivity contribution in [1.82, 2.24) is 4.98 Å². The molecule has 2 heterocycles. The normalized spacial score (nSPS) is 10.6. The SMILES string of the molecule is CSc1ccc(C(=O)Nc2nc(-c3ccc(Br)s3)cs2)cc1. The zero-order valence-electron chi connectivity index (χ0n) is 11.5. The van der Waals surface area contributed by atoms with Crippen LogP contribution in [-0.2, 0) is 0 Å².